The van der Waals surface area contributed by atoms with Crippen LogP contribution in [0.25, 0.3) is 0 Å². The fourth-order valence-electron chi connectivity index (χ4n) is 1.89. The molecule has 1 saturated heterocycles. The summed E-state index contributed by atoms with van der Waals surface area (Å²) in [4.78, 5) is 0. The molecule has 14 heavy (non-hydrogen) atoms. The van der Waals surface area contributed by atoms with Gasteiger partial charge in [-0.1, -0.05) is 0 Å². The number of hydrogen-bond donors (Lipinski definition) is 1. The van der Waals surface area contributed by atoms with E-state index in [1.165, 1.54) is 0 Å². The zero-order valence-electron chi connectivity index (χ0n) is 8.52. The third kappa shape index (κ3) is 2.13. The van der Waals surface area contributed by atoms with Crippen molar-refractivity contribution in [1.82, 2.24) is 9.78 Å². The Bertz CT molecular complexity index is 291. The topological polar surface area (TPSA) is 53.1 Å². The van der Waals surface area contributed by atoms with E-state index in [1.807, 2.05) is 19.3 Å². The predicted octanol–water partition coefficient (Wildman–Crippen LogP) is 0.469. The lowest BCUT2D eigenvalue weighted by atomic mass is 10.0. The van der Waals surface area contributed by atoms with Crippen LogP contribution in [0.3, 0.4) is 0 Å². The van der Waals surface area contributed by atoms with E-state index in [4.69, 9.17) is 10.5 Å². The standard InChI is InChI=1S/C10H17N3O/c1-13-5-4-8(12-13)7-9(11)10-3-2-6-14-10/h4-5,9-10H,2-3,6-7,11H2,1H3. The molecule has 0 bridgehead atoms. The van der Waals surface area contributed by atoms with Gasteiger partial charge in [0.25, 0.3) is 0 Å². The van der Waals surface area contributed by atoms with E-state index in [1.54, 1.807) is 4.68 Å². The van der Waals surface area contributed by atoms with Crippen LogP contribution in [0.15, 0.2) is 12.3 Å². The number of nitrogens with two attached hydrogens (primary N) is 1. The van der Waals surface area contributed by atoms with Gasteiger partial charge in [0, 0.05) is 32.3 Å². The van der Waals surface area contributed by atoms with Gasteiger partial charge in [-0.25, -0.2) is 0 Å². The minimum atomic E-state index is 0.0902. The molecule has 2 unspecified atom stereocenters. The van der Waals surface area contributed by atoms with Gasteiger partial charge in [0.2, 0.25) is 0 Å². The van der Waals surface area contributed by atoms with Crippen LogP contribution in [0, 0.1) is 0 Å². The van der Waals surface area contributed by atoms with Gasteiger partial charge in [-0.2, -0.15) is 5.10 Å². The lowest BCUT2D eigenvalue weighted by Gasteiger charge is -2.16. The van der Waals surface area contributed by atoms with E-state index < -0.39 is 0 Å². The molecule has 78 valence electrons. The number of aryl methyl sites for hydroxylation is 1. The summed E-state index contributed by atoms with van der Waals surface area (Å²) in [5, 5.41) is 4.30. The van der Waals surface area contributed by atoms with Crippen molar-refractivity contribution in [2.45, 2.75) is 31.4 Å². The third-order valence-electron chi connectivity index (χ3n) is 2.66. The molecule has 1 fully saturated rings. The largest absolute Gasteiger partial charge is 0.377 e. The Morgan fingerprint density at radius 2 is 2.64 bits per heavy atom. The highest BCUT2D eigenvalue weighted by atomic mass is 16.5. The Morgan fingerprint density at radius 1 is 1.79 bits per heavy atom. The van der Waals surface area contributed by atoms with Gasteiger partial charge in [-0.05, 0) is 18.9 Å². The second kappa shape index (κ2) is 4.11. The quantitative estimate of drug-likeness (QED) is 0.762. The Hall–Kier alpha value is -0.870. The van der Waals surface area contributed by atoms with Crippen molar-refractivity contribution in [2.24, 2.45) is 12.8 Å². The van der Waals surface area contributed by atoms with Crippen LogP contribution in [-0.4, -0.2) is 28.5 Å². The Balaban J connectivity index is 1.90. The molecule has 2 N–H and O–H groups in total. The summed E-state index contributed by atoms with van der Waals surface area (Å²) >= 11 is 0. The zero-order valence-corrected chi connectivity index (χ0v) is 8.52. The fourth-order valence-corrected chi connectivity index (χ4v) is 1.89. The van der Waals surface area contributed by atoms with Gasteiger partial charge in [0.15, 0.2) is 0 Å². The third-order valence-corrected chi connectivity index (χ3v) is 2.66. The maximum absolute atomic E-state index is 6.05. The van der Waals surface area contributed by atoms with Crippen molar-refractivity contribution in [1.29, 1.82) is 0 Å². The van der Waals surface area contributed by atoms with Crippen LogP contribution in [0.5, 0.6) is 0 Å². The second-order valence-corrected chi connectivity index (χ2v) is 3.90. The molecule has 0 aromatic carbocycles. The summed E-state index contributed by atoms with van der Waals surface area (Å²) in [6, 6.07) is 2.10. The van der Waals surface area contributed by atoms with Crippen LogP contribution in [0.2, 0.25) is 0 Å². The monoisotopic (exact) mass is 195 g/mol. The normalized spacial score (nSPS) is 24.0. The van der Waals surface area contributed by atoms with Crippen LogP contribution in [0.1, 0.15) is 18.5 Å². The smallest absolute Gasteiger partial charge is 0.0730 e. The Morgan fingerprint density at radius 3 is 3.21 bits per heavy atom. The van der Waals surface area contributed by atoms with E-state index in [9.17, 15) is 0 Å². The van der Waals surface area contributed by atoms with Crippen LogP contribution in [-0.2, 0) is 18.2 Å². The van der Waals surface area contributed by atoms with Crippen molar-refractivity contribution >= 4 is 0 Å². The number of nitrogens with zero attached hydrogens (tertiary/aromatic N) is 2. The molecule has 2 rings (SSSR count). The summed E-state index contributed by atoms with van der Waals surface area (Å²) in [6.07, 6.45) is 5.22. The molecule has 1 aliphatic heterocycles. The van der Waals surface area contributed by atoms with Crippen LogP contribution >= 0.6 is 0 Å². The first kappa shape index (κ1) is 9.68. The number of aromatic nitrogens is 2. The molecule has 1 aromatic heterocycles. The maximum Gasteiger partial charge on any atom is 0.0730 e. The molecule has 2 heterocycles. The summed E-state index contributed by atoms with van der Waals surface area (Å²) in [5.41, 5.74) is 7.10. The van der Waals surface area contributed by atoms with Gasteiger partial charge in [0.1, 0.15) is 0 Å². The SMILES string of the molecule is Cn1ccc(CC(N)C2CCCO2)n1. The van der Waals surface area contributed by atoms with E-state index in [0.717, 1.165) is 31.6 Å². The second-order valence-electron chi connectivity index (χ2n) is 3.90. The van der Waals surface area contributed by atoms with Crippen LogP contribution < -0.4 is 5.73 Å². The van der Waals surface area contributed by atoms with Gasteiger partial charge >= 0.3 is 0 Å². The van der Waals surface area contributed by atoms with E-state index >= 15 is 0 Å². The summed E-state index contributed by atoms with van der Waals surface area (Å²) in [7, 11) is 1.92. The van der Waals surface area contributed by atoms with E-state index in [-0.39, 0.29) is 12.1 Å². The highest BCUT2D eigenvalue weighted by Gasteiger charge is 2.23. The molecular formula is C10H17N3O. The summed E-state index contributed by atoms with van der Waals surface area (Å²) < 4.78 is 7.34. The average Bonchev–Trinajstić information content (AvgIpc) is 2.75. The molecule has 0 amide bonds. The zero-order chi connectivity index (χ0) is 9.97. The first-order valence-electron chi connectivity index (χ1n) is 5.11. The number of hydrogen-bond acceptors (Lipinski definition) is 3. The van der Waals surface area contributed by atoms with E-state index in [2.05, 4.69) is 5.10 Å². The predicted molar refractivity (Wildman–Crippen MR) is 53.9 cm³/mol. The van der Waals surface area contributed by atoms with Crippen molar-refractivity contribution in [3.05, 3.63) is 18.0 Å². The number of ether oxygens (including phenoxy) is 1. The van der Waals surface area contributed by atoms with Gasteiger partial charge in [0.05, 0.1) is 11.8 Å². The van der Waals surface area contributed by atoms with Gasteiger partial charge in [-0.15, -0.1) is 0 Å². The molecule has 1 aromatic rings. The Labute approximate surface area is 84.0 Å². The molecular weight excluding hydrogens is 178 g/mol. The molecule has 4 nitrogen and oxygen atoms in total. The molecule has 0 saturated carbocycles. The molecule has 1 aliphatic rings. The first-order valence-corrected chi connectivity index (χ1v) is 5.11. The summed E-state index contributed by atoms with van der Waals surface area (Å²) in [5.74, 6) is 0. The maximum atomic E-state index is 6.05. The first-order chi connectivity index (χ1) is 6.75. The highest BCUT2D eigenvalue weighted by Crippen LogP contribution is 2.16. The van der Waals surface area contributed by atoms with Crippen molar-refractivity contribution in [3.8, 4) is 0 Å². The van der Waals surface area contributed by atoms with Crippen molar-refractivity contribution in [2.75, 3.05) is 6.61 Å². The van der Waals surface area contributed by atoms with Crippen molar-refractivity contribution < 1.29 is 4.74 Å². The average molecular weight is 195 g/mol. The summed E-state index contributed by atoms with van der Waals surface area (Å²) in [6.45, 7) is 0.862. The van der Waals surface area contributed by atoms with Crippen LogP contribution in [0.4, 0.5) is 0 Å². The molecule has 2 atom stereocenters. The molecule has 0 aliphatic carbocycles. The Kier molecular flexibility index (Phi) is 2.84. The minimum Gasteiger partial charge on any atom is -0.377 e. The lowest BCUT2D eigenvalue weighted by molar-refractivity contribution is 0.0897. The van der Waals surface area contributed by atoms with E-state index in [0.29, 0.717) is 0 Å². The molecule has 4 heteroatoms. The fraction of sp³-hybridized carbons (Fsp3) is 0.700. The van der Waals surface area contributed by atoms with Crippen molar-refractivity contribution in [3.63, 3.8) is 0 Å². The number of rotatable bonds is 3. The highest BCUT2D eigenvalue weighted by molar-refractivity contribution is 5.02. The van der Waals surface area contributed by atoms with Gasteiger partial charge < -0.3 is 10.5 Å². The minimum absolute atomic E-state index is 0.0902. The molecule has 0 spiro atoms. The van der Waals surface area contributed by atoms with Gasteiger partial charge in [-0.3, -0.25) is 4.68 Å². The lowest BCUT2D eigenvalue weighted by Crippen LogP contribution is -2.36. The molecule has 0 radical (unpaired) electrons.